The summed E-state index contributed by atoms with van der Waals surface area (Å²) < 4.78 is 0. The highest BCUT2D eigenvalue weighted by molar-refractivity contribution is 5.51. The minimum atomic E-state index is 0.710. The molecular weight excluding hydrogens is 256 g/mol. The minimum absolute atomic E-state index is 0.710. The van der Waals surface area contributed by atoms with Crippen LogP contribution in [0.1, 0.15) is 57.1 Å². The average molecular weight is 288 g/mol. The van der Waals surface area contributed by atoms with Gasteiger partial charge >= 0.3 is 0 Å². The predicted molar refractivity (Wildman–Crippen MR) is 93.0 cm³/mol. The van der Waals surface area contributed by atoms with Gasteiger partial charge in [0.2, 0.25) is 0 Å². The first kappa shape index (κ1) is 16.4. The van der Waals surface area contributed by atoms with Crippen molar-refractivity contribution in [2.45, 2.75) is 65.5 Å². The van der Waals surface area contributed by atoms with Crippen LogP contribution < -0.4 is 10.2 Å². The molecule has 21 heavy (non-hydrogen) atoms. The van der Waals surface area contributed by atoms with Crippen molar-refractivity contribution in [3.8, 4) is 0 Å². The molecule has 0 saturated heterocycles. The fourth-order valence-electron chi connectivity index (χ4n) is 3.56. The van der Waals surface area contributed by atoms with E-state index in [2.05, 4.69) is 56.2 Å². The van der Waals surface area contributed by atoms with E-state index < -0.39 is 0 Å². The number of anilines is 1. The first-order valence-corrected chi connectivity index (χ1v) is 8.66. The zero-order valence-corrected chi connectivity index (χ0v) is 14.3. The molecule has 0 aliphatic heterocycles. The molecule has 2 unspecified atom stereocenters. The molecule has 1 aromatic rings. The third kappa shape index (κ3) is 4.23. The Bertz CT molecular complexity index is 441. The number of nitrogens with zero attached hydrogens (tertiary/aromatic N) is 1. The molecule has 0 heterocycles. The maximum atomic E-state index is 3.50. The lowest BCUT2D eigenvalue weighted by molar-refractivity contribution is 0.321. The third-order valence-corrected chi connectivity index (χ3v) is 5.04. The van der Waals surface area contributed by atoms with Gasteiger partial charge in [0.1, 0.15) is 0 Å². The minimum Gasteiger partial charge on any atom is -0.371 e. The van der Waals surface area contributed by atoms with Gasteiger partial charge in [0, 0.05) is 25.3 Å². The Morgan fingerprint density at radius 2 is 2.00 bits per heavy atom. The van der Waals surface area contributed by atoms with Crippen LogP contribution in [0.15, 0.2) is 18.2 Å². The highest BCUT2D eigenvalue weighted by atomic mass is 15.1. The fraction of sp³-hybridized carbons (Fsp3) is 0.684. The van der Waals surface area contributed by atoms with Crippen molar-refractivity contribution >= 4 is 5.69 Å². The van der Waals surface area contributed by atoms with Crippen LogP contribution in [0.4, 0.5) is 5.69 Å². The smallest absolute Gasteiger partial charge is 0.0369 e. The van der Waals surface area contributed by atoms with Crippen LogP contribution in [0.25, 0.3) is 0 Å². The zero-order valence-electron chi connectivity index (χ0n) is 14.3. The normalized spacial score (nSPS) is 22.3. The molecule has 1 aromatic carbocycles. The first-order valence-electron chi connectivity index (χ1n) is 8.66. The first-order chi connectivity index (χ1) is 10.1. The van der Waals surface area contributed by atoms with Gasteiger partial charge in [-0.1, -0.05) is 32.8 Å². The summed E-state index contributed by atoms with van der Waals surface area (Å²) in [7, 11) is 2.27. The monoisotopic (exact) mass is 288 g/mol. The molecule has 2 nitrogen and oxygen atoms in total. The van der Waals surface area contributed by atoms with E-state index in [1.807, 2.05) is 0 Å². The van der Waals surface area contributed by atoms with Crippen LogP contribution in [-0.2, 0) is 6.54 Å². The lowest BCUT2D eigenvalue weighted by Crippen LogP contribution is -2.39. The molecule has 1 fully saturated rings. The van der Waals surface area contributed by atoms with Crippen LogP contribution in [0.3, 0.4) is 0 Å². The average Bonchev–Trinajstić information content (AvgIpc) is 2.49. The number of hydrogen-bond donors (Lipinski definition) is 1. The Labute approximate surface area is 130 Å². The van der Waals surface area contributed by atoms with E-state index in [9.17, 15) is 0 Å². The summed E-state index contributed by atoms with van der Waals surface area (Å²) in [6.45, 7) is 8.95. The van der Waals surface area contributed by atoms with Crippen molar-refractivity contribution in [2.24, 2.45) is 5.92 Å². The summed E-state index contributed by atoms with van der Waals surface area (Å²) in [5.74, 6) is 0.815. The van der Waals surface area contributed by atoms with Crippen molar-refractivity contribution in [2.75, 3.05) is 18.5 Å². The Morgan fingerprint density at radius 3 is 2.67 bits per heavy atom. The second kappa shape index (κ2) is 7.84. The molecule has 1 aliphatic rings. The topological polar surface area (TPSA) is 15.3 Å². The lowest BCUT2D eigenvalue weighted by Gasteiger charge is -2.38. The maximum Gasteiger partial charge on any atom is 0.0369 e. The molecule has 0 bridgehead atoms. The van der Waals surface area contributed by atoms with E-state index in [-0.39, 0.29) is 0 Å². The molecule has 2 atom stereocenters. The van der Waals surface area contributed by atoms with Gasteiger partial charge in [0.15, 0.2) is 0 Å². The van der Waals surface area contributed by atoms with Crippen molar-refractivity contribution < 1.29 is 0 Å². The maximum absolute atomic E-state index is 3.50. The van der Waals surface area contributed by atoms with E-state index in [0.717, 1.165) is 19.0 Å². The Kier molecular flexibility index (Phi) is 6.10. The Balaban J connectivity index is 2.04. The van der Waals surface area contributed by atoms with E-state index in [0.29, 0.717) is 6.04 Å². The molecule has 118 valence electrons. The SMILES string of the molecule is CCCNCc1ccc(N(C)C2CCCCC2C)cc1C. The van der Waals surface area contributed by atoms with Gasteiger partial charge in [-0.3, -0.25) is 0 Å². The molecule has 2 heteroatoms. The Morgan fingerprint density at radius 1 is 1.24 bits per heavy atom. The van der Waals surface area contributed by atoms with Crippen LogP contribution >= 0.6 is 0 Å². The van der Waals surface area contributed by atoms with Crippen molar-refractivity contribution in [3.63, 3.8) is 0 Å². The number of hydrogen-bond acceptors (Lipinski definition) is 2. The number of benzene rings is 1. The quantitative estimate of drug-likeness (QED) is 0.775. The van der Waals surface area contributed by atoms with Crippen LogP contribution in [-0.4, -0.2) is 19.6 Å². The molecule has 0 spiro atoms. The van der Waals surface area contributed by atoms with Gasteiger partial charge in [-0.15, -0.1) is 0 Å². The van der Waals surface area contributed by atoms with Gasteiger partial charge in [0.05, 0.1) is 0 Å². The van der Waals surface area contributed by atoms with Gasteiger partial charge in [0.25, 0.3) is 0 Å². The fourth-order valence-corrected chi connectivity index (χ4v) is 3.56. The molecule has 0 radical (unpaired) electrons. The Hall–Kier alpha value is -1.02. The van der Waals surface area contributed by atoms with E-state index in [4.69, 9.17) is 0 Å². The van der Waals surface area contributed by atoms with Crippen LogP contribution in [0, 0.1) is 12.8 Å². The molecule has 1 saturated carbocycles. The number of rotatable bonds is 6. The molecular formula is C19H32N2. The van der Waals surface area contributed by atoms with Crippen molar-refractivity contribution in [1.29, 1.82) is 0 Å². The van der Waals surface area contributed by atoms with Crippen molar-refractivity contribution in [1.82, 2.24) is 5.32 Å². The number of aryl methyl sites for hydroxylation is 1. The highest BCUT2D eigenvalue weighted by Gasteiger charge is 2.25. The zero-order chi connectivity index (χ0) is 15.2. The summed E-state index contributed by atoms with van der Waals surface area (Å²) in [5.41, 5.74) is 4.22. The number of nitrogens with one attached hydrogen (secondary N) is 1. The molecule has 1 aliphatic carbocycles. The second-order valence-electron chi connectivity index (χ2n) is 6.73. The van der Waals surface area contributed by atoms with Gasteiger partial charge in [-0.25, -0.2) is 0 Å². The lowest BCUT2D eigenvalue weighted by atomic mass is 9.85. The predicted octanol–water partition coefficient (Wildman–Crippen LogP) is 4.51. The molecule has 1 N–H and O–H groups in total. The molecule has 0 amide bonds. The summed E-state index contributed by atoms with van der Waals surface area (Å²) >= 11 is 0. The third-order valence-electron chi connectivity index (χ3n) is 5.04. The van der Waals surface area contributed by atoms with Crippen molar-refractivity contribution in [3.05, 3.63) is 29.3 Å². The summed E-state index contributed by atoms with van der Waals surface area (Å²) in [4.78, 5) is 2.51. The van der Waals surface area contributed by atoms with Gasteiger partial charge in [-0.05, 0) is 61.9 Å². The molecule has 0 aromatic heterocycles. The second-order valence-corrected chi connectivity index (χ2v) is 6.73. The van der Waals surface area contributed by atoms with E-state index in [1.54, 1.807) is 0 Å². The standard InChI is InChI=1S/C19H32N2/c1-5-12-20-14-17-10-11-18(13-16(17)3)21(4)19-9-7-6-8-15(19)2/h10-11,13,15,19-20H,5-9,12,14H2,1-4H3. The van der Waals surface area contributed by atoms with E-state index >= 15 is 0 Å². The largest absolute Gasteiger partial charge is 0.371 e. The van der Waals surface area contributed by atoms with Gasteiger partial charge < -0.3 is 10.2 Å². The van der Waals surface area contributed by atoms with Gasteiger partial charge in [-0.2, -0.15) is 0 Å². The summed E-state index contributed by atoms with van der Waals surface area (Å²) in [6.07, 6.45) is 6.72. The van der Waals surface area contributed by atoms with Crippen LogP contribution in [0.5, 0.6) is 0 Å². The van der Waals surface area contributed by atoms with Crippen LogP contribution in [0.2, 0.25) is 0 Å². The summed E-state index contributed by atoms with van der Waals surface area (Å²) in [6, 6.07) is 7.68. The van der Waals surface area contributed by atoms with E-state index in [1.165, 1.54) is 48.9 Å². The highest BCUT2D eigenvalue weighted by Crippen LogP contribution is 2.31. The summed E-state index contributed by atoms with van der Waals surface area (Å²) in [5, 5.41) is 3.50. The molecule has 2 rings (SSSR count).